The van der Waals surface area contributed by atoms with E-state index >= 15 is 0 Å². The maximum absolute atomic E-state index is 13.4. The fraction of sp³-hybridized carbons (Fsp3) is 0.280. The molecule has 1 fully saturated rings. The highest BCUT2D eigenvalue weighted by molar-refractivity contribution is 7.09. The normalized spacial score (nSPS) is 14.1. The molecule has 0 aliphatic heterocycles. The van der Waals surface area contributed by atoms with Gasteiger partial charge in [0.2, 0.25) is 11.8 Å². The molecule has 2 aromatic carbocycles. The van der Waals surface area contributed by atoms with Crippen molar-refractivity contribution in [3.8, 4) is 0 Å². The summed E-state index contributed by atoms with van der Waals surface area (Å²) >= 11 is 8.07. The Morgan fingerprint density at radius 2 is 1.72 bits per heavy atom. The number of nitrogens with zero attached hydrogens (tertiary/aromatic N) is 2. The van der Waals surface area contributed by atoms with Gasteiger partial charge in [0.25, 0.3) is 0 Å². The largest absolute Gasteiger partial charge is 0.332 e. The fourth-order valence-corrected chi connectivity index (χ4v) is 4.55. The van der Waals surface area contributed by atoms with Gasteiger partial charge in [-0.05, 0) is 47.5 Å². The van der Waals surface area contributed by atoms with E-state index in [4.69, 9.17) is 11.6 Å². The predicted octanol–water partition coefficient (Wildman–Crippen LogP) is 5.39. The van der Waals surface area contributed by atoms with Gasteiger partial charge in [-0.1, -0.05) is 48.5 Å². The summed E-state index contributed by atoms with van der Waals surface area (Å²) in [7, 11) is 0. The fourth-order valence-electron chi connectivity index (χ4n) is 3.56. The minimum absolute atomic E-state index is 0.0217. The van der Waals surface area contributed by atoms with Gasteiger partial charge in [0.05, 0.1) is 6.54 Å². The number of carbonyl (C=O) groups is 2. The lowest BCUT2D eigenvalue weighted by Crippen LogP contribution is -2.44. The van der Waals surface area contributed by atoms with Crippen LogP contribution >= 0.6 is 22.9 Å². The maximum Gasteiger partial charge on any atom is 0.245 e. The lowest BCUT2D eigenvalue weighted by atomic mass is 10.1. The van der Waals surface area contributed by atoms with Crippen molar-refractivity contribution < 1.29 is 14.0 Å². The van der Waals surface area contributed by atoms with Gasteiger partial charge in [0.1, 0.15) is 17.7 Å². The van der Waals surface area contributed by atoms with Gasteiger partial charge in [-0.2, -0.15) is 0 Å². The van der Waals surface area contributed by atoms with Crippen molar-refractivity contribution in [1.29, 1.82) is 0 Å². The molecule has 1 atom stereocenters. The van der Waals surface area contributed by atoms with Crippen molar-refractivity contribution in [2.45, 2.75) is 37.4 Å². The number of carbonyl (C=O) groups excluding carboxylic acids is 2. The van der Waals surface area contributed by atoms with Gasteiger partial charge in [-0.25, -0.2) is 4.39 Å². The first-order valence-corrected chi connectivity index (χ1v) is 11.9. The van der Waals surface area contributed by atoms with Crippen molar-refractivity contribution in [3.05, 3.63) is 93.9 Å². The molecule has 0 saturated heterocycles. The average Bonchev–Trinajstić information content (AvgIpc) is 3.53. The zero-order valence-electron chi connectivity index (χ0n) is 17.5. The SMILES string of the molecule is O=C(CN(C(=O)C(Cl)c1ccccc1)C1CC1)N(Cc1ccc(F)cc1)Cc1cccs1. The number of halogens is 2. The van der Waals surface area contributed by atoms with Gasteiger partial charge < -0.3 is 9.80 Å². The van der Waals surface area contributed by atoms with Gasteiger partial charge in [0.15, 0.2) is 0 Å². The third kappa shape index (κ3) is 5.75. The molecule has 166 valence electrons. The number of hydrogen-bond donors (Lipinski definition) is 0. The summed E-state index contributed by atoms with van der Waals surface area (Å²) in [6.45, 7) is 0.752. The summed E-state index contributed by atoms with van der Waals surface area (Å²) in [4.78, 5) is 30.9. The molecule has 1 aliphatic rings. The Labute approximate surface area is 196 Å². The average molecular weight is 471 g/mol. The summed E-state index contributed by atoms with van der Waals surface area (Å²) < 4.78 is 13.3. The summed E-state index contributed by atoms with van der Waals surface area (Å²) in [6, 6.07) is 19.3. The summed E-state index contributed by atoms with van der Waals surface area (Å²) in [5.74, 6) is -0.712. The molecular weight excluding hydrogens is 447 g/mol. The minimum Gasteiger partial charge on any atom is -0.332 e. The molecule has 32 heavy (non-hydrogen) atoms. The van der Waals surface area contributed by atoms with Crippen LogP contribution in [0.25, 0.3) is 0 Å². The maximum atomic E-state index is 13.4. The molecular formula is C25H24ClFN2O2S. The minimum atomic E-state index is -0.826. The Kier molecular flexibility index (Phi) is 7.22. The lowest BCUT2D eigenvalue weighted by Gasteiger charge is -2.29. The second-order valence-corrected chi connectivity index (χ2v) is 9.39. The van der Waals surface area contributed by atoms with Crippen molar-refractivity contribution in [3.63, 3.8) is 0 Å². The Bertz CT molecular complexity index is 1040. The molecule has 1 aliphatic carbocycles. The van der Waals surface area contributed by atoms with E-state index in [1.807, 2.05) is 47.8 Å². The van der Waals surface area contributed by atoms with E-state index < -0.39 is 5.38 Å². The molecule has 0 radical (unpaired) electrons. The van der Waals surface area contributed by atoms with Crippen LogP contribution in [0.3, 0.4) is 0 Å². The lowest BCUT2D eigenvalue weighted by molar-refractivity contribution is -0.141. The number of thiophene rings is 1. The highest BCUT2D eigenvalue weighted by atomic mass is 35.5. The molecule has 3 aromatic rings. The number of benzene rings is 2. The van der Waals surface area contributed by atoms with E-state index in [9.17, 15) is 14.0 Å². The van der Waals surface area contributed by atoms with Crippen molar-refractivity contribution in [2.75, 3.05) is 6.54 Å². The quantitative estimate of drug-likeness (QED) is 0.393. The highest BCUT2D eigenvalue weighted by Crippen LogP contribution is 2.32. The van der Waals surface area contributed by atoms with Crippen LogP contribution in [0.2, 0.25) is 0 Å². The monoisotopic (exact) mass is 470 g/mol. The van der Waals surface area contributed by atoms with Gasteiger partial charge >= 0.3 is 0 Å². The zero-order valence-corrected chi connectivity index (χ0v) is 19.1. The summed E-state index contributed by atoms with van der Waals surface area (Å²) in [5, 5.41) is 1.14. The second-order valence-electron chi connectivity index (χ2n) is 7.93. The summed E-state index contributed by atoms with van der Waals surface area (Å²) in [5.41, 5.74) is 1.55. The van der Waals surface area contributed by atoms with Crippen molar-refractivity contribution in [1.82, 2.24) is 9.80 Å². The molecule has 4 nitrogen and oxygen atoms in total. The van der Waals surface area contributed by atoms with Crippen LogP contribution in [-0.2, 0) is 22.7 Å². The van der Waals surface area contributed by atoms with Crippen LogP contribution in [0.15, 0.2) is 72.1 Å². The Morgan fingerprint density at radius 1 is 1.00 bits per heavy atom. The van der Waals surface area contributed by atoms with Crippen molar-refractivity contribution in [2.24, 2.45) is 0 Å². The zero-order chi connectivity index (χ0) is 22.5. The molecule has 0 N–H and O–H groups in total. The van der Waals surface area contributed by atoms with Gasteiger partial charge in [-0.3, -0.25) is 9.59 Å². The first-order chi connectivity index (χ1) is 15.5. The topological polar surface area (TPSA) is 40.6 Å². The number of hydrogen-bond acceptors (Lipinski definition) is 3. The third-order valence-electron chi connectivity index (χ3n) is 5.45. The van der Waals surface area contributed by atoms with E-state index in [0.29, 0.717) is 13.1 Å². The van der Waals surface area contributed by atoms with Crippen LogP contribution in [0.1, 0.15) is 34.2 Å². The first-order valence-electron chi connectivity index (χ1n) is 10.6. The van der Waals surface area contributed by atoms with E-state index in [1.165, 1.54) is 12.1 Å². The predicted molar refractivity (Wildman–Crippen MR) is 125 cm³/mol. The molecule has 1 aromatic heterocycles. The van der Waals surface area contributed by atoms with E-state index in [0.717, 1.165) is 28.8 Å². The Hall–Kier alpha value is -2.70. The van der Waals surface area contributed by atoms with Crippen molar-refractivity contribution >= 4 is 34.8 Å². The Morgan fingerprint density at radius 3 is 2.34 bits per heavy atom. The van der Waals surface area contributed by atoms with Crippen LogP contribution in [0.4, 0.5) is 4.39 Å². The van der Waals surface area contributed by atoms with Crippen LogP contribution in [0, 0.1) is 5.82 Å². The molecule has 1 saturated carbocycles. The smallest absolute Gasteiger partial charge is 0.245 e. The molecule has 1 unspecified atom stereocenters. The first kappa shape index (κ1) is 22.5. The molecule has 0 spiro atoms. The van der Waals surface area contributed by atoms with Gasteiger partial charge in [0, 0.05) is 17.5 Å². The molecule has 0 bridgehead atoms. The molecule has 4 rings (SSSR count). The number of rotatable bonds is 9. The standard InChI is InChI=1S/C25H24ClFN2O2S/c26-24(19-5-2-1-3-6-19)25(31)29(21-12-13-21)17-23(30)28(16-22-7-4-14-32-22)15-18-8-10-20(27)11-9-18/h1-11,14,21,24H,12-13,15-17H2. The van der Waals surface area contributed by atoms with E-state index in [2.05, 4.69) is 0 Å². The number of amides is 2. The van der Waals surface area contributed by atoms with Crippen LogP contribution < -0.4 is 0 Å². The van der Waals surface area contributed by atoms with Gasteiger partial charge in [-0.15, -0.1) is 22.9 Å². The molecule has 7 heteroatoms. The Balaban J connectivity index is 1.50. The summed E-state index contributed by atoms with van der Waals surface area (Å²) in [6.07, 6.45) is 1.75. The molecule has 1 heterocycles. The third-order valence-corrected chi connectivity index (χ3v) is 6.75. The van der Waals surface area contributed by atoms with Crippen LogP contribution in [-0.4, -0.2) is 34.2 Å². The highest BCUT2D eigenvalue weighted by Gasteiger charge is 2.37. The van der Waals surface area contributed by atoms with E-state index in [1.54, 1.807) is 33.3 Å². The van der Waals surface area contributed by atoms with Crippen LogP contribution in [0.5, 0.6) is 0 Å². The second kappa shape index (κ2) is 10.3. The molecule has 2 amide bonds. The number of alkyl halides is 1. The van der Waals surface area contributed by atoms with E-state index in [-0.39, 0.29) is 30.2 Å².